The summed E-state index contributed by atoms with van der Waals surface area (Å²) in [5.41, 5.74) is 3.39. The molecular formula is C27H32N6O4. The summed E-state index contributed by atoms with van der Waals surface area (Å²) in [6.07, 6.45) is 0.657. The highest BCUT2D eigenvalue weighted by Gasteiger charge is 2.27. The number of aromatic amines is 1. The van der Waals surface area contributed by atoms with Gasteiger partial charge in [0, 0.05) is 18.7 Å². The first-order chi connectivity index (χ1) is 17.9. The SMILES string of the molecule is CCOC(=O)Cn1nnnc1[C@H](CC)N(Cc1ccc(OC)cc1)Cc1cc2cccc(C)c2[nH]c1=O. The number of esters is 1. The number of H-pyrrole nitrogens is 1. The Bertz CT molecular complexity index is 1410. The van der Waals surface area contributed by atoms with Crippen molar-refractivity contribution >= 4 is 16.9 Å². The number of pyridine rings is 1. The molecule has 37 heavy (non-hydrogen) atoms. The van der Waals surface area contributed by atoms with Gasteiger partial charge in [-0.15, -0.1) is 5.10 Å². The summed E-state index contributed by atoms with van der Waals surface area (Å²) >= 11 is 0. The molecule has 0 saturated carbocycles. The molecule has 0 amide bonds. The Morgan fingerprint density at radius 3 is 2.62 bits per heavy atom. The van der Waals surface area contributed by atoms with Crippen molar-refractivity contribution < 1.29 is 14.3 Å². The number of benzene rings is 2. The van der Waals surface area contributed by atoms with E-state index in [-0.39, 0.29) is 24.8 Å². The Morgan fingerprint density at radius 2 is 1.92 bits per heavy atom. The van der Waals surface area contributed by atoms with E-state index in [0.29, 0.717) is 30.9 Å². The quantitative estimate of drug-likeness (QED) is 0.308. The Hall–Kier alpha value is -4.05. The molecule has 194 valence electrons. The van der Waals surface area contributed by atoms with E-state index in [4.69, 9.17) is 9.47 Å². The van der Waals surface area contributed by atoms with Gasteiger partial charge in [0.1, 0.15) is 12.3 Å². The van der Waals surface area contributed by atoms with Crippen LogP contribution in [0.2, 0.25) is 0 Å². The Kier molecular flexibility index (Phi) is 8.29. The van der Waals surface area contributed by atoms with Crippen molar-refractivity contribution in [3.05, 3.63) is 81.4 Å². The maximum absolute atomic E-state index is 13.1. The molecule has 0 unspecified atom stereocenters. The number of ether oxygens (including phenoxy) is 2. The number of carbonyl (C=O) groups is 1. The first-order valence-electron chi connectivity index (χ1n) is 12.3. The molecule has 1 N–H and O–H groups in total. The van der Waals surface area contributed by atoms with E-state index < -0.39 is 5.97 Å². The van der Waals surface area contributed by atoms with Crippen LogP contribution in [0.4, 0.5) is 0 Å². The number of fused-ring (bicyclic) bond motifs is 1. The van der Waals surface area contributed by atoms with E-state index in [2.05, 4.69) is 25.4 Å². The molecule has 2 aromatic heterocycles. The normalized spacial score (nSPS) is 12.1. The molecule has 4 rings (SSSR count). The van der Waals surface area contributed by atoms with Gasteiger partial charge in [0.2, 0.25) is 0 Å². The Morgan fingerprint density at radius 1 is 1.14 bits per heavy atom. The first kappa shape index (κ1) is 26.0. The molecule has 2 aromatic carbocycles. The van der Waals surface area contributed by atoms with Gasteiger partial charge in [-0.1, -0.05) is 37.3 Å². The van der Waals surface area contributed by atoms with Gasteiger partial charge in [-0.2, -0.15) is 0 Å². The van der Waals surface area contributed by atoms with Gasteiger partial charge < -0.3 is 14.5 Å². The zero-order chi connectivity index (χ0) is 26.4. The van der Waals surface area contributed by atoms with Crippen LogP contribution in [0.1, 0.15) is 48.8 Å². The van der Waals surface area contributed by atoms with Crippen molar-refractivity contribution in [2.24, 2.45) is 0 Å². The van der Waals surface area contributed by atoms with Gasteiger partial charge in [0.05, 0.1) is 25.3 Å². The minimum Gasteiger partial charge on any atom is -0.497 e. The van der Waals surface area contributed by atoms with E-state index in [1.54, 1.807) is 14.0 Å². The second kappa shape index (κ2) is 11.8. The Labute approximate surface area is 215 Å². The lowest BCUT2D eigenvalue weighted by Crippen LogP contribution is -2.33. The van der Waals surface area contributed by atoms with E-state index in [1.165, 1.54) is 4.68 Å². The van der Waals surface area contributed by atoms with Crippen LogP contribution < -0.4 is 10.3 Å². The van der Waals surface area contributed by atoms with E-state index in [9.17, 15) is 9.59 Å². The molecule has 0 fully saturated rings. The minimum absolute atomic E-state index is 0.0844. The smallest absolute Gasteiger partial charge is 0.327 e. The number of tetrazole rings is 1. The predicted molar refractivity (Wildman–Crippen MR) is 139 cm³/mol. The molecule has 0 bridgehead atoms. The van der Waals surface area contributed by atoms with Crippen LogP contribution in [0.3, 0.4) is 0 Å². The van der Waals surface area contributed by atoms with Gasteiger partial charge in [-0.25, -0.2) is 4.68 Å². The highest BCUT2D eigenvalue weighted by Crippen LogP contribution is 2.27. The summed E-state index contributed by atoms with van der Waals surface area (Å²) in [4.78, 5) is 30.5. The minimum atomic E-state index is -0.408. The summed E-state index contributed by atoms with van der Waals surface area (Å²) in [7, 11) is 1.63. The number of hydrogen-bond acceptors (Lipinski definition) is 8. The summed E-state index contributed by atoms with van der Waals surface area (Å²) in [6, 6.07) is 15.4. The second-order valence-electron chi connectivity index (χ2n) is 8.84. The zero-order valence-electron chi connectivity index (χ0n) is 21.6. The highest BCUT2D eigenvalue weighted by atomic mass is 16.5. The monoisotopic (exact) mass is 504 g/mol. The largest absolute Gasteiger partial charge is 0.497 e. The molecule has 1 atom stereocenters. The van der Waals surface area contributed by atoms with Gasteiger partial charge >= 0.3 is 5.97 Å². The van der Waals surface area contributed by atoms with Gasteiger partial charge in [0.15, 0.2) is 5.82 Å². The van der Waals surface area contributed by atoms with E-state index in [1.807, 2.05) is 62.4 Å². The van der Waals surface area contributed by atoms with Crippen LogP contribution in [0.15, 0.2) is 53.3 Å². The second-order valence-corrected chi connectivity index (χ2v) is 8.84. The molecule has 2 heterocycles. The molecular weight excluding hydrogens is 472 g/mol. The first-order valence-corrected chi connectivity index (χ1v) is 12.3. The average molecular weight is 505 g/mol. The number of nitrogens with zero attached hydrogens (tertiary/aromatic N) is 5. The van der Waals surface area contributed by atoms with Crippen molar-refractivity contribution in [2.75, 3.05) is 13.7 Å². The maximum atomic E-state index is 13.1. The number of aryl methyl sites for hydroxylation is 1. The van der Waals surface area contributed by atoms with Crippen LogP contribution in [-0.4, -0.2) is 49.8 Å². The molecule has 0 saturated heterocycles. The van der Waals surface area contributed by atoms with Crippen LogP contribution in [0.25, 0.3) is 10.9 Å². The van der Waals surface area contributed by atoms with Crippen LogP contribution >= 0.6 is 0 Å². The van der Waals surface area contributed by atoms with Crippen LogP contribution in [-0.2, 0) is 29.2 Å². The van der Waals surface area contributed by atoms with Gasteiger partial charge in [0.25, 0.3) is 5.56 Å². The summed E-state index contributed by atoms with van der Waals surface area (Å²) in [5.74, 6) is 0.896. The molecule has 10 nitrogen and oxygen atoms in total. The lowest BCUT2D eigenvalue weighted by atomic mass is 10.1. The van der Waals surface area contributed by atoms with E-state index in [0.717, 1.165) is 27.8 Å². The highest BCUT2D eigenvalue weighted by molar-refractivity contribution is 5.81. The molecule has 10 heteroatoms. The number of aromatic nitrogens is 5. The third-order valence-electron chi connectivity index (χ3n) is 6.35. The Balaban J connectivity index is 1.72. The predicted octanol–water partition coefficient (Wildman–Crippen LogP) is 3.55. The standard InChI is InChI=1S/C27H32N6O4/c1-5-23(26-29-30-31-33(26)17-24(34)37-6-2)32(15-19-10-12-22(36-4)13-11-19)16-21-14-20-9-7-8-18(3)25(20)28-27(21)35/h7-14,23H,5-6,15-17H2,1-4H3,(H,28,35)/t23-/m0/s1. The maximum Gasteiger partial charge on any atom is 0.327 e. The van der Waals surface area contributed by atoms with Gasteiger partial charge in [-0.3, -0.25) is 14.5 Å². The summed E-state index contributed by atoms with van der Waals surface area (Å²) in [5, 5.41) is 13.1. The third kappa shape index (κ3) is 6.03. The number of para-hydroxylation sites is 1. The molecule has 0 aliphatic heterocycles. The van der Waals surface area contributed by atoms with Crippen molar-refractivity contribution in [3.8, 4) is 5.75 Å². The molecule has 4 aromatic rings. The third-order valence-corrected chi connectivity index (χ3v) is 6.35. The molecule has 0 radical (unpaired) electrons. The topological polar surface area (TPSA) is 115 Å². The van der Waals surface area contributed by atoms with Crippen LogP contribution in [0, 0.1) is 6.92 Å². The number of rotatable bonds is 11. The lowest BCUT2D eigenvalue weighted by molar-refractivity contribution is -0.144. The number of nitrogens with one attached hydrogen (secondary N) is 1. The summed E-state index contributed by atoms with van der Waals surface area (Å²) in [6.45, 7) is 6.84. The summed E-state index contributed by atoms with van der Waals surface area (Å²) < 4.78 is 11.9. The average Bonchev–Trinajstić information content (AvgIpc) is 3.33. The lowest BCUT2D eigenvalue weighted by Gasteiger charge is -2.30. The fourth-order valence-electron chi connectivity index (χ4n) is 4.50. The zero-order valence-corrected chi connectivity index (χ0v) is 21.6. The molecule has 0 aliphatic rings. The van der Waals surface area contributed by atoms with Crippen molar-refractivity contribution in [3.63, 3.8) is 0 Å². The number of hydrogen-bond donors (Lipinski definition) is 1. The molecule has 0 spiro atoms. The fourth-order valence-corrected chi connectivity index (χ4v) is 4.50. The number of carbonyl (C=O) groups excluding carboxylic acids is 1. The van der Waals surface area contributed by atoms with Crippen molar-refractivity contribution in [2.45, 2.75) is 52.9 Å². The number of methoxy groups -OCH3 is 1. The van der Waals surface area contributed by atoms with Crippen molar-refractivity contribution in [1.82, 2.24) is 30.1 Å². The van der Waals surface area contributed by atoms with Gasteiger partial charge in [-0.05, 0) is 65.4 Å². The van der Waals surface area contributed by atoms with Crippen LogP contribution in [0.5, 0.6) is 5.75 Å². The van der Waals surface area contributed by atoms with Crippen molar-refractivity contribution in [1.29, 1.82) is 0 Å². The van der Waals surface area contributed by atoms with E-state index >= 15 is 0 Å². The fraction of sp³-hybridized carbons (Fsp3) is 0.370. The molecule has 0 aliphatic carbocycles.